The molecule has 2 fully saturated rings. The first-order chi connectivity index (χ1) is 9.20. The van der Waals surface area contributed by atoms with Crippen molar-refractivity contribution in [1.29, 1.82) is 0 Å². The van der Waals surface area contributed by atoms with Gasteiger partial charge >= 0.3 is 5.69 Å². The molecule has 8 heteroatoms. The van der Waals surface area contributed by atoms with E-state index in [4.69, 9.17) is 5.84 Å². The Labute approximate surface area is 110 Å². The largest absolute Gasteiger partial charge is 0.354 e. The van der Waals surface area contributed by atoms with Crippen LogP contribution in [0.3, 0.4) is 0 Å². The van der Waals surface area contributed by atoms with Crippen LogP contribution in [-0.2, 0) is 0 Å². The summed E-state index contributed by atoms with van der Waals surface area (Å²) < 4.78 is 0. The SMILES string of the molecule is NNc1ncnc(N(CC2CC2)C2CC2)c1[N+](=O)[O-]. The van der Waals surface area contributed by atoms with Crippen molar-refractivity contribution in [2.45, 2.75) is 31.7 Å². The monoisotopic (exact) mass is 264 g/mol. The van der Waals surface area contributed by atoms with Crippen molar-refractivity contribution < 1.29 is 4.92 Å². The lowest BCUT2D eigenvalue weighted by molar-refractivity contribution is -0.383. The van der Waals surface area contributed by atoms with E-state index in [-0.39, 0.29) is 11.5 Å². The van der Waals surface area contributed by atoms with Crippen LogP contribution in [0.2, 0.25) is 0 Å². The molecule has 0 unspecified atom stereocenters. The molecule has 19 heavy (non-hydrogen) atoms. The lowest BCUT2D eigenvalue weighted by atomic mass is 10.3. The molecular weight excluding hydrogens is 248 g/mol. The molecule has 0 aliphatic heterocycles. The summed E-state index contributed by atoms with van der Waals surface area (Å²) in [5.74, 6) is 6.40. The van der Waals surface area contributed by atoms with Crippen LogP contribution in [0, 0.1) is 16.0 Å². The van der Waals surface area contributed by atoms with E-state index in [1.54, 1.807) is 0 Å². The summed E-state index contributed by atoms with van der Waals surface area (Å²) in [6.07, 6.45) is 5.85. The van der Waals surface area contributed by atoms with Gasteiger partial charge < -0.3 is 10.3 Å². The first-order valence-corrected chi connectivity index (χ1v) is 6.43. The Balaban J connectivity index is 1.98. The second-order valence-corrected chi connectivity index (χ2v) is 5.12. The molecule has 3 rings (SSSR count). The normalized spacial score (nSPS) is 18.2. The van der Waals surface area contributed by atoms with Gasteiger partial charge in [-0.05, 0) is 31.6 Å². The minimum atomic E-state index is -0.465. The third kappa shape index (κ3) is 2.43. The molecule has 8 nitrogen and oxygen atoms in total. The predicted octanol–water partition coefficient (Wildman–Crippen LogP) is 1.05. The van der Waals surface area contributed by atoms with Crippen LogP contribution in [0.5, 0.6) is 0 Å². The maximum Gasteiger partial charge on any atom is 0.354 e. The maximum atomic E-state index is 11.3. The highest BCUT2D eigenvalue weighted by Gasteiger charge is 2.38. The number of nitrogens with zero attached hydrogens (tertiary/aromatic N) is 4. The molecule has 0 radical (unpaired) electrons. The smallest absolute Gasteiger partial charge is 0.347 e. The molecule has 102 valence electrons. The molecule has 2 saturated carbocycles. The summed E-state index contributed by atoms with van der Waals surface area (Å²) in [4.78, 5) is 20.8. The third-order valence-electron chi connectivity index (χ3n) is 3.53. The van der Waals surface area contributed by atoms with E-state index in [1.165, 1.54) is 19.2 Å². The number of hydrazine groups is 1. The van der Waals surface area contributed by atoms with E-state index in [2.05, 4.69) is 20.3 Å². The summed E-state index contributed by atoms with van der Waals surface area (Å²) in [6.45, 7) is 0.840. The highest BCUT2D eigenvalue weighted by Crippen LogP contribution is 2.41. The van der Waals surface area contributed by atoms with Crippen molar-refractivity contribution in [3.05, 3.63) is 16.4 Å². The van der Waals surface area contributed by atoms with Gasteiger partial charge in [-0.2, -0.15) is 0 Å². The lowest BCUT2D eigenvalue weighted by Crippen LogP contribution is -2.30. The zero-order valence-electron chi connectivity index (χ0n) is 10.5. The zero-order chi connectivity index (χ0) is 13.4. The minimum Gasteiger partial charge on any atom is -0.347 e. The van der Waals surface area contributed by atoms with Gasteiger partial charge in [-0.3, -0.25) is 10.1 Å². The molecule has 1 heterocycles. The average molecular weight is 264 g/mol. The molecule has 0 amide bonds. The summed E-state index contributed by atoms with van der Waals surface area (Å²) in [5.41, 5.74) is 2.15. The number of nitrogens with two attached hydrogens (primary N) is 1. The van der Waals surface area contributed by atoms with E-state index in [0.717, 1.165) is 19.4 Å². The lowest BCUT2D eigenvalue weighted by Gasteiger charge is -2.23. The van der Waals surface area contributed by atoms with Crippen LogP contribution < -0.4 is 16.2 Å². The Morgan fingerprint density at radius 3 is 2.68 bits per heavy atom. The summed E-state index contributed by atoms with van der Waals surface area (Å²) >= 11 is 0. The second-order valence-electron chi connectivity index (χ2n) is 5.12. The standard InChI is InChI=1S/C11H16N6O2/c12-15-10-9(17(18)19)11(14-6-13-10)16(8-3-4-8)5-7-1-2-7/h6-8H,1-5,12H2,(H,13,14,15). The van der Waals surface area contributed by atoms with Gasteiger partial charge in [0.05, 0.1) is 4.92 Å². The Morgan fingerprint density at radius 1 is 1.42 bits per heavy atom. The van der Waals surface area contributed by atoms with Gasteiger partial charge in [0.15, 0.2) is 0 Å². The number of hydrogen-bond acceptors (Lipinski definition) is 7. The van der Waals surface area contributed by atoms with Gasteiger partial charge in [-0.25, -0.2) is 15.8 Å². The van der Waals surface area contributed by atoms with E-state index >= 15 is 0 Å². The Morgan fingerprint density at radius 2 is 2.16 bits per heavy atom. The molecule has 0 bridgehead atoms. The molecule has 0 aromatic carbocycles. The summed E-state index contributed by atoms with van der Waals surface area (Å²) in [7, 11) is 0. The summed E-state index contributed by atoms with van der Waals surface area (Å²) in [5, 5.41) is 11.3. The molecule has 0 atom stereocenters. The number of rotatable bonds is 6. The molecular formula is C11H16N6O2. The molecule has 0 spiro atoms. The van der Waals surface area contributed by atoms with Gasteiger partial charge in [0.25, 0.3) is 0 Å². The quantitative estimate of drug-likeness (QED) is 0.449. The van der Waals surface area contributed by atoms with Crippen molar-refractivity contribution in [2.24, 2.45) is 11.8 Å². The molecule has 1 aromatic rings. The van der Waals surface area contributed by atoms with Crippen molar-refractivity contribution in [3.63, 3.8) is 0 Å². The third-order valence-corrected chi connectivity index (χ3v) is 3.53. The van der Waals surface area contributed by atoms with Crippen LogP contribution in [0.4, 0.5) is 17.3 Å². The van der Waals surface area contributed by atoms with Crippen molar-refractivity contribution >= 4 is 17.3 Å². The minimum absolute atomic E-state index is 0.0662. The van der Waals surface area contributed by atoms with Gasteiger partial charge in [-0.1, -0.05) is 0 Å². The number of nitrogen functional groups attached to an aromatic ring is 1. The van der Waals surface area contributed by atoms with Gasteiger partial charge in [-0.15, -0.1) is 0 Å². The van der Waals surface area contributed by atoms with Gasteiger partial charge in [0.1, 0.15) is 6.33 Å². The first-order valence-electron chi connectivity index (χ1n) is 6.43. The fourth-order valence-electron chi connectivity index (χ4n) is 2.23. The van der Waals surface area contributed by atoms with Crippen molar-refractivity contribution in [3.8, 4) is 0 Å². The predicted molar refractivity (Wildman–Crippen MR) is 69.6 cm³/mol. The van der Waals surface area contributed by atoms with Crippen LogP contribution in [-0.4, -0.2) is 27.5 Å². The van der Waals surface area contributed by atoms with E-state index in [1.807, 2.05) is 0 Å². The van der Waals surface area contributed by atoms with E-state index in [9.17, 15) is 10.1 Å². The topological polar surface area (TPSA) is 110 Å². The molecule has 2 aliphatic carbocycles. The maximum absolute atomic E-state index is 11.3. The number of anilines is 2. The molecule has 2 aliphatic rings. The molecule has 3 N–H and O–H groups in total. The van der Waals surface area contributed by atoms with Gasteiger partial charge in [0, 0.05) is 12.6 Å². The van der Waals surface area contributed by atoms with Crippen LogP contribution in [0.15, 0.2) is 6.33 Å². The van der Waals surface area contributed by atoms with Crippen molar-refractivity contribution in [2.75, 3.05) is 16.9 Å². The Bertz CT molecular complexity index is 500. The fraction of sp³-hybridized carbons (Fsp3) is 0.636. The van der Waals surface area contributed by atoms with E-state index in [0.29, 0.717) is 17.8 Å². The Kier molecular flexibility index (Phi) is 2.94. The zero-order valence-corrected chi connectivity index (χ0v) is 10.5. The van der Waals surface area contributed by atoms with Gasteiger partial charge in [0.2, 0.25) is 11.6 Å². The van der Waals surface area contributed by atoms with Crippen molar-refractivity contribution in [1.82, 2.24) is 9.97 Å². The number of nitro groups is 1. The van der Waals surface area contributed by atoms with Crippen LogP contribution in [0.1, 0.15) is 25.7 Å². The first kappa shape index (κ1) is 12.1. The van der Waals surface area contributed by atoms with E-state index < -0.39 is 4.92 Å². The van der Waals surface area contributed by atoms with Crippen LogP contribution in [0.25, 0.3) is 0 Å². The number of hydrogen-bond donors (Lipinski definition) is 2. The number of nitrogens with one attached hydrogen (secondary N) is 1. The fourth-order valence-corrected chi connectivity index (χ4v) is 2.23. The summed E-state index contributed by atoms with van der Waals surface area (Å²) in [6, 6.07) is 0.375. The number of aromatic nitrogens is 2. The highest BCUT2D eigenvalue weighted by molar-refractivity contribution is 5.70. The Hall–Kier alpha value is -1.96. The van der Waals surface area contributed by atoms with Crippen LogP contribution >= 0.6 is 0 Å². The molecule has 1 aromatic heterocycles. The average Bonchev–Trinajstić information content (AvgIpc) is 3.27. The highest BCUT2D eigenvalue weighted by atomic mass is 16.6. The molecule has 0 saturated heterocycles. The second kappa shape index (κ2) is 4.61.